The van der Waals surface area contributed by atoms with Gasteiger partial charge in [-0.3, -0.25) is 4.79 Å². The van der Waals surface area contributed by atoms with Gasteiger partial charge < -0.3 is 16.0 Å². The Hall–Kier alpha value is -0.680. The summed E-state index contributed by atoms with van der Waals surface area (Å²) in [6.07, 6.45) is 2.52. The number of hydrogen-bond donors (Lipinski definition) is 2. The van der Waals surface area contributed by atoms with E-state index in [9.17, 15) is 4.79 Å². The number of hydrogen-bond acceptors (Lipinski definition) is 3. The van der Waals surface area contributed by atoms with E-state index < -0.39 is 0 Å². The lowest BCUT2D eigenvalue weighted by atomic mass is 10.2. The molecule has 1 aliphatic rings. The van der Waals surface area contributed by atoms with Gasteiger partial charge in [-0.05, 0) is 44.1 Å². The fourth-order valence-corrected chi connectivity index (χ4v) is 2.42. The third-order valence-corrected chi connectivity index (χ3v) is 3.46. The Labute approximate surface area is 136 Å². The first-order chi connectivity index (χ1) is 8.66. The van der Waals surface area contributed by atoms with Crippen LogP contribution in [0.2, 0.25) is 5.02 Å². The zero-order valence-electron chi connectivity index (χ0n) is 11.1. The van der Waals surface area contributed by atoms with Crippen LogP contribution in [0.25, 0.3) is 0 Å². The maximum absolute atomic E-state index is 11.9. The average Bonchev–Trinajstić information content (AvgIpc) is 2.81. The predicted octanol–water partition coefficient (Wildman–Crippen LogP) is 2.59. The second-order valence-corrected chi connectivity index (χ2v) is 4.95. The van der Waals surface area contributed by atoms with Crippen molar-refractivity contribution in [2.45, 2.75) is 12.8 Å². The number of halogens is 3. The van der Waals surface area contributed by atoms with Crippen molar-refractivity contribution in [3.63, 3.8) is 0 Å². The summed E-state index contributed by atoms with van der Waals surface area (Å²) in [4.78, 5) is 14.2. The summed E-state index contributed by atoms with van der Waals surface area (Å²) in [6, 6.07) is 4.93. The smallest absolute Gasteiger partial charge is 0.252 e. The van der Waals surface area contributed by atoms with E-state index in [0.717, 1.165) is 19.6 Å². The van der Waals surface area contributed by atoms with Gasteiger partial charge in [-0.2, -0.15) is 0 Å². The van der Waals surface area contributed by atoms with Crippen LogP contribution in [0.4, 0.5) is 5.69 Å². The van der Waals surface area contributed by atoms with Crippen molar-refractivity contribution in [1.29, 1.82) is 0 Å². The minimum Gasteiger partial charge on any atom is -0.399 e. The fraction of sp³-hybridized carbons (Fsp3) is 0.462. The highest BCUT2D eigenvalue weighted by Gasteiger charge is 2.13. The summed E-state index contributed by atoms with van der Waals surface area (Å²) in [6.45, 7) is 3.83. The van der Waals surface area contributed by atoms with E-state index in [1.54, 1.807) is 18.2 Å². The highest BCUT2D eigenvalue weighted by Crippen LogP contribution is 2.18. The highest BCUT2D eigenvalue weighted by molar-refractivity contribution is 6.34. The lowest BCUT2D eigenvalue weighted by molar-refractivity contribution is 0.0950. The number of nitrogens with zero attached hydrogens (tertiary/aromatic N) is 1. The van der Waals surface area contributed by atoms with Crippen LogP contribution in [-0.4, -0.2) is 37.0 Å². The summed E-state index contributed by atoms with van der Waals surface area (Å²) in [5.41, 5.74) is 6.63. The maximum Gasteiger partial charge on any atom is 0.252 e. The zero-order valence-corrected chi connectivity index (χ0v) is 13.5. The van der Waals surface area contributed by atoms with Crippen LogP contribution < -0.4 is 11.1 Å². The Morgan fingerprint density at radius 1 is 1.30 bits per heavy atom. The molecule has 1 aliphatic heterocycles. The molecule has 1 saturated heterocycles. The van der Waals surface area contributed by atoms with Crippen molar-refractivity contribution in [3.8, 4) is 0 Å². The van der Waals surface area contributed by atoms with Gasteiger partial charge in [0.15, 0.2) is 0 Å². The second kappa shape index (κ2) is 9.29. The third kappa shape index (κ3) is 5.37. The molecule has 0 atom stereocenters. The summed E-state index contributed by atoms with van der Waals surface area (Å²) in [5, 5.41) is 3.28. The van der Waals surface area contributed by atoms with Crippen LogP contribution in [0.3, 0.4) is 0 Å². The van der Waals surface area contributed by atoms with E-state index in [-0.39, 0.29) is 30.7 Å². The van der Waals surface area contributed by atoms with Crippen molar-refractivity contribution in [1.82, 2.24) is 10.2 Å². The van der Waals surface area contributed by atoms with Crippen LogP contribution in [-0.2, 0) is 0 Å². The Kier molecular flexibility index (Phi) is 8.98. The Bertz CT molecular complexity index is 437. The average molecular weight is 341 g/mol. The first kappa shape index (κ1) is 19.3. The molecule has 3 N–H and O–H groups in total. The van der Waals surface area contributed by atoms with Crippen LogP contribution in [0.1, 0.15) is 23.2 Å². The van der Waals surface area contributed by atoms with Gasteiger partial charge in [0.1, 0.15) is 0 Å². The van der Waals surface area contributed by atoms with Crippen molar-refractivity contribution >= 4 is 48.0 Å². The monoisotopic (exact) mass is 339 g/mol. The van der Waals surface area contributed by atoms with E-state index in [2.05, 4.69) is 10.2 Å². The molecule has 0 spiro atoms. The largest absolute Gasteiger partial charge is 0.399 e. The number of carbonyl (C=O) groups is 1. The molecular weight excluding hydrogens is 321 g/mol. The van der Waals surface area contributed by atoms with Gasteiger partial charge in [0, 0.05) is 18.8 Å². The molecule has 1 aromatic rings. The van der Waals surface area contributed by atoms with Crippen LogP contribution in [0.15, 0.2) is 18.2 Å². The molecule has 0 saturated carbocycles. The van der Waals surface area contributed by atoms with Crippen LogP contribution in [0, 0.1) is 0 Å². The molecular formula is C13H20Cl3N3O. The van der Waals surface area contributed by atoms with Crippen molar-refractivity contribution < 1.29 is 4.79 Å². The van der Waals surface area contributed by atoms with Gasteiger partial charge in [-0.25, -0.2) is 0 Å². The Balaban J connectivity index is 0.00000180. The summed E-state index contributed by atoms with van der Waals surface area (Å²) >= 11 is 5.98. The first-order valence-electron chi connectivity index (χ1n) is 6.22. The zero-order chi connectivity index (χ0) is 13.0. The molecule has 4 nitrogen and oxygen atoms in total. The molecule has 7 heteroatoms. The third-order valence-electron chi connectivity index (χ3n) is 3.15. The van der Waals surface area contributed by atoms with Gasteiger partial charge in [-0.1, -0.05) is 11.6 Å². The number of nitrogen functional groups attached to an aromatic ring is 1. The van der Waals surface area contributed by atoms with Gasteiger partial charge in [-0.15, -0.1) is 24.8 Å². The molecule has 2 rings (SSSR count). The first-order valence-corrected chi connectivity index (χ1v) is 6.60. The number of nitrogens with one attached hydrogen (secondary N) is 1. The highest BCUT2D eigenvalue weighted by atomic mass is 35.5. The number of benzene rings is 1. The van der Waals surface area contributed by atoms with E-state index in [0.29, 0.717) is 22.8 Å². The fourth-order valence-electron chi connectivity index (χ4n) is 2.14. The number of nitrogens with two attached hydrogens (primary N) is 1. The molecule has 0 unspecified atom stereocenters. The molecule has 1 aromatic carbocycles. The molecule has 0 radical (unpaired) electrons. The van der Waals surface area contributed by atoms with Crippen molar-refractivity contribution in [3.05, 3.63) is 28.8 Å². The SMILES string of the molecule is Cl.Cl.Nc1ccc(C(=O)NCCN2CCCC2)c(Cl)c1. The van der Waals surface area contributed by atoms with Crippen LogP contribution >= 0.6 is 36.4 Å². The summed E-state index contributed by atoms with van der Waals surface area (Å²) in [5.74, 6) is -0.140. The number of carbonyl (C=O) groups excluding carboxylic acids is 1. The number of anilines is 1. The predicted molar refractivity (Wildman–Crippen MR) is 88.4 cm³/mol. The summed E-state index contributed by atoms with van der Waals surface area (Å²) < 4.78 is 0. The molecule has 0 aliphatic carbocycles. The molecule has 20 heavy (non-hydrogen) atoms. The van der Waals surface area contributed by atoms with E-state index in [1.807, 2.05) is 0 Å². The van der Waals surface area contributed by atoms with Gasteiger partial charge in [0.25, 0.3) is 5.91 Å². The molecule has 114 valence electrons. The normalized spacial score (nSPS) is 14.2. The lowest BCUT2D eigenvalue weighted by Crippen LogP contribution is -2.33. The number of amides is 1. The lowest BCUT2D eigenvalue weighted by Gasteiger charge is -2.15. The standard InChI is InChI=1S/C13H18ClN3O.2ClH/c14-12-9-10(15)3-4-11(12)13(18)16-5-8-17-6-1-2-7-17;;/h3-4,9H,1-2,5-8,15H2,(H,16,18);2*1H. The molecule has 1 heterocycles. The van der Waals surface area contributed by atoms with Crippen molar-refractivity contribution in [2.75, 3.05) is 31.9 Å². The van der Waals surface area contributed by atoms with Crippen LogP contribution in [0.5, 0.6) is 0 Å². The van der Waals surface area contributed by atoms with Gasteiger partial charge in [0.05, 0.1) is 10.6 Å². The molecule has 0 bridgehead atoms. The molecule has 1 fully saturated rings. The Morgan fingerprint density at radius 2 is 1.95 bits per heavy atom. The van der Waals surface area contributed by atoms with Gasteiger partial charge in [0.2, 0.25) is 0 Å². The topological polar surface area (TPSA) is 58.4 Å². The molecule has 0 aromatic heterocycles. The summed E-state index contributed by atoms with van der Waals surface area (Å²) in [7, 11) is 0. The second-order valence-electron chi connectivity index (χ2n) is 4.54. The van der Waals surface area contributed by atoms with Crippen molar-refractivity contribution in [2.24, 2.45) is 0 Å². The number of likely N-dealkylation sites (tertiary alicyclic amines) is 1. The van der Waals surface area contributed by atoms with E-state index >= 15 is 0 Å². The minimum atomic E-state index is -0.140. The quantitative estimate of drug-likeness (QED) is 0.828. The van der Waals surface area contributed by atoms with E-state index in [4.69, 9.17) is 17.3 Å². The molecule has 1 amide bonds. The minimum absolute atomic E-state index is 0. The maximum atomic E-state index is 11.9. The number of rotatable bonds is 4. The Morgan fingerprint density at radius 3 is 2.55 bits per heavy atom. The van der Waals surface area contributed by atoms with E-state index in [1.165, 1.54) is 12.8 Å². The van der Waals surface area contributed by atoms with Gasteiger partial charge >= 0.3 is 0 Å².